The number of hydrogen-bond acceptors (Lipinski definition) is 7. The molecule has 0 radical (unpaired) electrons. The van der Waals surface area contributed by atoms with E-state index in [2.05, 4.69) is 15.6 Å². The Balaban J connectivity index is 1.33. The lowest BCUT2D eigenvalue weighted by Crippen LogP contribution is -2.31. The second-order valence-corrected chi connectivity index (χ2v) is 9.30. The van der Waals surface area contributed by atoms with Crippen LogP contribution in [0.3, 0.4) is 0 Å². The van der Waals surface area contributed by atoms with Gasteiger partial charge in [0.15, 0.2) is 11.5 Å². The van der Waals surface area contributed by atoms with E-state index < -0.39 is 6.03 Å². The molecular weight excluding hydrogens is 541 g/mol. The number of carbonyl (C=O) groups is 1. The van der Waals surface area contributed by atoms with Gasteiger partial charge in [0, 0.05) is 25.4 Å². The maximum Gasteiger partial charge on any atom is 0.319 e. The van der Waals surface area contributed by atoms with Crippen LogP contribution in [0.4, 0.5) is 14.9 Å². The molecule has 1 aliphatic heterocycles. The minimum Gasteiger partial charge on any atom is -0.487 e. The van der Waals surface area contributed by atoms with Gasteiger partial charge in [-0.1, -0.05) is 23.7 Å². The second kappa shape index (κ2) is 12.3. The summed E-state index contributed by atoms with van der Waals surface area (Å²) in [7, 11) is 1.60. The number of halogens is 2. The molecule has 0 saturated heterocycles. The summed E-state index contributed by atoms with van der Waals surface area (Å²) in [5.41, 5.74) is 1.76. The van der Waals surface area contributed by atoms with Crippen LogP contribution in [0.2, 0.25) is 5.02 Å². The lowest BCUT2D eigenvalue weighted by molar-refractivity contribution is 0.134. The third-order valence-corrected chi connectivity index (χ3v) is 6.43. The van der Waals surface area contributed by atoms with Crippen molar-refractivity contribution < 1.29 is 32.9 Å². The molecule has 11 heteroatoms. The number of methoxy groups -OCH3 is 1. The van der Waals surface area contributed by atoms with E-state index in [1.807, 2.05) is 0 Å². The molecule has 0 aliphatic carbocycles. The largest absolute Gasteiger partial charge is 0.487 e. The Morgan fingerprint density at radius 2 is 1.82 bits per heavy atom. The van der Waals surface area contributed by atoms with Crippen molar-refractivity contribution in [1.82, 2.24) is 10.3 Å². The normalized spacial score (nSPS) is 13.0. The molecule has 40 heavy (non-hydrogen) atoms. The number of carbonyl (C=O) groups excluding carboxylic acids is 1. The number of benzene rings is 3. The summed E-state index contributed by atoms with van der Waals surface area (Å²) < 4.78 is 42.1. The Morgan fingerprint density at radius 1 is 1.05 bits per heavy atom. The standard InChI is InChI=1S/C29H27ClFN3O6/c1-17(18-3-5-19(31)6-4-18)33-29(35)34-22-8-7-20(15-21(22)30)40-24-9-10-32-23-16-25(37-12-11-36-2)27-28(26(23)24)39-14-13-38-27/h3-10,15-17H,11-14H2,1-2H3,(H2,33,34,35)/t17-/m1/s1. The summed E-state index contributed by atoms with van der Waals surface area (Å²) in [5, 5.41) is 6.44. The maximum atomic E-state index is 13.2. The molecule has 2 amide bonds. The molecular formula is C29H27ClFN3O6. The lowest BCUT2D eigenvalue weighted by atomic mass is 10.1. The van der Waals surface area contributed by atoms with Gasteiger partial charge in [0.25, 0.3) is 0 Å². The monoisotopic (exact) mass is 567 g/mol. The molecule has 1 aliphatic rings. The summed E-state index contributed by atoms with van der Waals surface area (Å²) >= 11 is 6.48. The van der Waals surface area contributed by atoms with Crippen LogP contribution in [0.5, 0.6) is 28.7 Å². The molecule has 0 bridgehead atoms. The molecule has 208 valence electrons. The van der Waals surface area contributed by atoms with Crippen LogP contribution in [-0.2, 0) is 4.74 Å². The molecule has 2 heterocycles. The SMILES string of the molecule is COCCOc1cc2nccc(Oc3ccc(NC(=O)N[C@H](C)c4ccc(F)cc4)c(Cl)c3)c2c2c1OCCO2. The van der Waals surface area contributed by atoms with E-state index in [0.29, 0.717) is 71.8 Å². The molecule has 0 unspecified atom stereocenters. The van der Waals surface area contributed by atoms with Crippen LogP contribution < -0.4 is 29.6 Å². The second-order valence-electron chi connectivity index (χ2n) is 8.89. The minimum absolute atomic E-state index is 0.274. The molecule has 0 spiro atoms. The van der Waals surface area contributed by atoms with E-state index in [1.54, 1.807) is 62.7 Å². The number of rotatable bonds is 9. The number of urea groups is 1. The number of nitrogens with one attached hydrogen (secondary N) is 2. The first-order chi connectivity index (χ1) is 19.4. The Bertz CT molecular complexity index is 1520. The first-order valence-corrected chi connectivity index (χ1v) is 12.9. The summed E-state index contributed by atoms with van der Waals surface area (Å²) in [5.74, 6) is 2.05. The van der Waals surface area contributed by atoms with Gasteiger partial charge in [-0.25, -0.2) is 9.18 Å². The van der Waals surface area contributed by atoms with E-state index in [1.165, 1.54) is 12.1 Å². The van der Waals surface area contributed by atoms with Gasteiger partial charge in [0.05, 0.1) is 34.3 Å². The highest BCUT2D eigenvalue weighted by atomic mass is 35.5. The Kier molecular flexibility index (Phi) is 8.37. The quantitative estimate of drug-likeness (QED) is 0.223. The molecule has 5 rings (SSSR count). The lowest BCUT2D eigenvalue weighted by Gasteiger charge is -2.23. The van der Waals surface area contributed by atoms with Gasteiger partial charge < -0.3 is 34.3 Å². The highest BCUT2D eigenvalue weighted by molar-refractivity contribution is 6.33. The zero-order chi connectivity index (χ0) is 28.1. The van der Waals surface area contributed by atoms with Crippen molar-refractivity contribution in [2.24, 2.45) is 0 Å². The Morgan fingerprint density at radius 3 is 2.58 bits per heavy atom. The van der Waals surface area contributed by atoms with Gasteiger partial charge in [-0.3, -0.25) is 4.98 Å². The molecule has 1 atom stereocenters. The van der Waals surface area contributed by atoms with E-state index in [0.717, 1.165) is 5.56 Å². The smallest absolute Gasteiger partial charge is 0.319 e. The number of amides is 2. The van der Waals surface area contributed by atoms with Crippen molar-refractivity contribution in [2.75, 3.05) is 38.9 Å². The van der Waals surface area contributed by atoms with Crippen LogP contribution in [0, 0.1) is 5.82 Å². The number of aromatic nitrogens is 1. The summed E-state index contributed by atoms with van der Waals surface area (Å²) in [6.45, 7) is 3.31. The zero-order valence-electron chi connectivity index (χ0n) is 21.8. The highest BCUT2D eigenvalue weighted by Crippen LogP contribution is 2.48. The van der Waals surface area contributed by atoms with Crippen molar-refractivity contribution in [1.29, 1.82) is 0 Å². The number of nitrogens with zero attached hydrogens (tertiary/aromatic N) is 1. The predicted molar refractivity (Wildman–Crippen MR) is 149 cm³/mol. The Labute approximate surface area is 235 Å². The van der Waals surface area contributed by atoms with Crippen LogP contribution in [0.25, 0.3) is 10.9 Å². The summed E-state index contributed by atoms with van der Waals surface area (Å²) in [6, 6.07) is 13.5. The van der Waals surface area contributed by atoms with Crippen molar-refractivity contribution in [3.8, 4) is 28.7 Å². The fourth-order valence-electron chi connectivity index (χ4n) is 4.18. The molecule has 9 nitrogen and oxygen atoms in total. The van der Waals surface area contributed by atoms with Crippen LogP contribution in [0.15, 0.2) is 60.8 Å². The van der Waals surface area contributed by atoms with Crippen LogP contribution in [-0.4, -0.2) is 44.6 Å². The molecule has 2 N–H and O–H groups in total. The van der Waals surface area contributed by atoms with E-state index >= 15 is 0 Å². The maximum absolute atomic E-state index is 13.2. The van der Waals surface area contributed by atoms with Crippen LogP contribution >= 0.6 is 11.6 Å². The number of anilines is 1. The summed E-state index contributed by atoms with van der Waals surface area (Å²) in [6.07, 6.45) is 1.62. The predicted octanol–water partition coefficient (Wildman–Crippen LogP) is 6.50. The van der Waals surface area contributed by atoms with E-state index in [4.69, 9.17) is 35.3 Å². The van der Waals surface area contributed by atoms with E-state index in [9.17, 15) is 9.18 Å². The average Bonchev–Trinajstić information content (AvgIpc) is 2.95. The zero-order valence-corrected chi connectivity index (χ0v) is 22.6. The average molecular weight is 568 g/mol. The minimum atomic E-state index is -0.458. The van der Waals surface area contributed by atoms with Gasteiger partial charge in [0.2, 0.25) is 5.75 Å². The number of pyridine rings is 1. The fourth-order valence-corrected chi connectivity index (χ4v) is 4.40. The van der Waals surface area contributed by atoms with Crippen LogP contribution in [0.1, 0.15) is 18.5 Å². The Hall–Kier alpha value is -4.28. The molecule has 0 fully saturated rings. The molecule has 3 aromatic carbocycles. The van der Waals surface area contributed by atoms with Gasteiger partial charge in [-0.2, -0.15) is 0 Å². The van der Waals surface area contributed by atoms with Crippen molar-refractivity contribution in [3.63, 3.8) is 0 Å². The third kappa shape index (κ3) is 6.13. The number of ether oxygens (including phenoxy) is 5. The first kappa shape index (κ1) is 27.3. The fraction of sp³-hybridized carbons (Fsp3) is 0.241. The topological polar surface area (TPSA) is 100 Å². The molecule has 1 aromatic heterocycles. The molecule has 4 aromatic rings. The van der Waals surface area contributed by atoms with E-state index in [-0.39, 0.29) is 16.9 Å². The number of hydrogen-bond donors (Lipinski definition) is 2. The highest BCUT2D eigenvalue weighted by Gasteiger charge is 2.25. The van der Waals surface area contributed by atoms with Gasteiger partial charge in [-0.15, -0.1) is 0 Å². The van der Waals surface area contributed by atoms with Gasteiger partial charge in [0.1, 0.15) is 37.1 Å². The first-order valence-electron chi connectivity index (χ1n) is 12.6. The van der Waals surface area contributed by atoms with Crippen molar-refractivity contribution in [3.05, 3.63) is 77.2 Å². The third-order valence-electron chi connectivity index (χ3n) is 6.12. The van der Waals surface area contributed by atoms with Gasteiger partial charge >= 0.3 is 6.03 Å². The molecule has 0 saturated carbocycles. The number of fused-ring (bicyclic) bond motifs is 3. The van der Waals surface area contributed by atoms with Crippen molar-refractivity contribution >= 4 is 34.2 Å². The summed E-state index contributed by atoms with van der Waals surface area (Å²) in [4.78, 5) is 17.0. The van der Waals surface area contributed by atoms with Crippen molar-refractivity contribution in [2.45, 2.75) is 13.0 Å². The van der Waals surface area contributed by atoms with Gasteiger partial charge in [-0.05, 0) is 42.8 Å².